The fraction of sp³-hybridized carbons (Fsp3) is 0.333. The van der Waals surface area contributed by atoms with Crippen LogP contribution < -0.4 is 0 Å². The lowest BCUT2D eigenvalue weighted by molar-refractivity contribution is -0.0558. The molecule has 0 fully saturated rings. The summed E-state index contributed by atoms with van der Waals surface area (Å²) in [6.07, 6.45) is -4.60. The normalized spacial score (nSPS) is 13.5. The Hall–Kier alpha value is -0.620. The molecule has 0 amide bonds. The predicted octanol–water partition coefficient (Wildman–Crippen LogP) is 3.28. The van der Waals surface area contributed by atoms with Gasteiger partial charge in [-0.05, 0) is 6.92 Å². The monoisotopic (exact) mass is 228 g/mol. The maximum atomic E-state index is 11.9. The van der Waals surface area contributed by atoms with Crippen LogP contribution in [0.15, 0.2) is 10.4 Å². The standard InChI is InChI=1S/C6H4ClF3N2S/c1-3-2-13-5(11-3)12-4(7)6(8,9)10/h2H,1H3. The maximum absolute atomic E-state index is 11.9. The Balaban J connectivity index is 2.89. The molecule has 0 bridgehead atoms. The summed E-state index contributed by atoms with van der Waals surface area (Å²) in [5.74, 6) is 0. The fourth-order valence-electron chi connectivity index (χ4n) is 0.540. The van der Waals surface area contributed by atoms with Crippen LogP contribution in [0.5, 0.6) is 0 Å². The highest BCUT2D eigenvalue weighted by Crippen LogP contribution is 2.25. The highest BCUT2D eigenvalue weighted by Gasteiger charge is 2.34. The number of hydrogen-bond acceptors (Lipinski definition) is 3. The summed E-state index contributed by atoms with van der Waals surface area (Å²) in [5, 5.41) is 0.209. The second-order valence-corrected chi connectivity index (χ2v) is 3.37. The van der Waals surface area contributed by atoms with Crippen LogP contribution in [0.4, 0.5) is 18.3 Å². The molecule has 1 aromatic rings. The number of thiazole rings is 1. The first-order chi connectivity index (χ1) is 5.89. The number of nitrogens with zero attached hydrogens (tertiary/aromatic N) is 2. The van der Waals surface area contributed by atoms with Gasteiger partial charge in [0.25, 0.3) is 0 Å². The van der Waals surface area contributed by atoms with Crippen LogP contribution >= 0.6 is 22.9 Å². The van der Waals surface area contributed by atoms with Crippen molar-refractivity contribution in [2.45, 2.75) is 13.1 Å². The first-order valence-electron chi connectivity index (χ1n) is 3.13. The van der Waals surface area contributed by atoms with Gasteiger partial charge < -0.3 is 0 Å². The quantitative estimate of drug-likeness (QED) is 0.677. The van der Waals surface area contributed by atoms with E-state index in [2.05, 4.69) is 9.98 Å². The fourth-order valence-corrected chi connectivity index (χ4v) is 1.34. The minimum atomic E-state index is -4.60. The molecule has 0 aromatic carbocycles. The summed E-state index contributed by atoms with van der Waals surface area (Å²) in [6, 6.07) is 0. The topological polar surface area (TPSA) is 25.2 Å². The van der Waals surface area contributed by atoms with Gasteiger partial charge in [0, 0.05) is 5.38 Å². The summed E-state index contributed by atoms with van der Waals surface area (Å²) in [4.78, 5) is 6.83. The lowest BCUT2D eigenvalue weighted by atomic mass is 10.6. The Kier molecular flexibility index (Phi) is 2.92. The molecule has 0 N–H and O–H groups in total. The van der Waals surface area contributed by atoms with E-state index in [1.54, 1.807) is 12.3 Å². The van der Waals surface area contributed by atoms with E-state index >= 15 is 0 Å². The van der Waals surface area contributed by atoms with Crippen LogP contribution in [0.2, 0.25) is 0 Å². The summed E-state index contributed by atoms with van der Waals surface area (Å²) >= 11 is 5.90. The third-order valence-corrected chi connectivity index (χ3v) is 2.19. The number of aliphatic imine (C=N–C) groups is 1. The van der Waals surface area contributed by atoms with Crippen molar-refractivity contribution < 1.29 is 13.2 Å². The molecule has 7 heteroatoms. The van der Waals surface area contributed by atoms with Gasteiger partial charge in [0.2, 0.25) is 10.3 Å². The number of aromatic nitrogens is 1. The van der Waals surface area contributed by atoms with Gasteiger partial charge in [0.05, 0.1) is 5.69 Å². The summed E-state index contributed by atoms with van der Waals surface area (Å²) in [6.45, 7) is 1.66. The van der Waals surface area contributed by atoms with Crippen LogP contribution in [0, 0.1) is 6.92 Å². The van der Waals surface area contributed by atoms with Crippen LogP contribution in [0.25, 0.3) is 0 Å². The van der Waals surface area contributed by atoms with E-state index in [1.165, 1.54) is 0 Å². The smallest absolute Gasteiger partial charge is 0.224 e. The lowest BCUT2D eigenvalue weighted by Gasteiger charge is -2.00. The molecule has 0 aliphatic rings. The van der Waals surface area contributed by atoms with Crippen LogP contribution in [0.3, 0.4) is 0 Å². The zero-order chi connectivity index (χ0) is 10.1. The second-order valence-electron chi connectivity index (χ2n) is 2.17. The number of halogens is 4. The molecule has 0 atom stereocenters. The molecular formula is C6H4ClF3N2S. The number of hydrogen-bond donors (Lipinski definition) is 0. The largest absolute Gasteiger partial charge is 0.444 e. The second kappa shape index (κ2) is 3.63. The average Bonchev–Trinajstić information content (AvgIpc) is 2.33. The summed E-state index contributed by atoms with van der Waals surface area (Å²) in [5.41, 5.74) is 0.621. The first kappa shape index (κ1) is 10.5. The van der Waals surface area contributed by atoms with Crippen molar-refractivity contribution in [1.29, 1.82) is 0 Å². The minimum absolute atomic E-state index is 0.0137. The molecular weight excluding hydrogens is 225 g/mol. The third kappa shape index (κ3) is 2.96. The highest BCUT2D eigenvalue weighted by molar-refractivity contribution is 7.13. The van der Waals surface area contributed by atoms with Crippen LogP contribution in [0.1, 0.15) is 5.69 Å². The van der Waals surface area contributed by atoms with E-state index in [4.69, 9.17) is 11.6 Å². The van der Waals surface area contributed by atoms with Crippen molar-refractivity contribution in [2.75, 3.05) is 0 Å². The van der Waals surface area contributed by atoms with E-state index in [0.29, 0.717) is 5.69 Å². The summed E-state index contributed by atoms with van der Waals surface area (Å²) in [7, 11) is 0. The van der Waals surface area contributed by atoms with Crippen molar-refractivity contribution in [1.82, 2.24) is 4.98 Å². The van der Waals surface area contributed by atoms with Gasteiger partial charge in [-0.25, -0.2) is 9.98 Å². The molecule has 13 heavy (non-hydrogen) atoms. The molecule has 1 rings (SSSR count). The van der Waals surface area contributed by atoms with Crippen molar-refractivity contribution in [3.05, 3.63) is 11.1 Å². The van der Waals surface area contributed by atoms with E-state index < -0.39 is 11.3 Å². The van der Waals surface area contributed by atoms with Crippen molar-refractivity contribution in [3.63, 3.8) is 0 Å². The van der Waals surface area contributed by atoms with E-state index in [-0.39, 0.29) is 5.13 Å². The number of rotatable bonds is 1. The molecule has 0 spiro atoms. The van der Waals surface area contributed by atoms with Crippen molar-refractivity contribution in [3.8, 4) is 0 Å². The van der Waals surface area contributed by atoms with Gasteiger partial charge >= 0.3 is 6.18 Å². The zero-order valence-corrected chi connectivity index (χ0v) is 7.96. The minimum Gasteiger partial charge on any atom is -0.224 e. The van der Waals surface area contributed by atoms with Crippen molar-refractivity contribution in [2.24, 2.45) is 4.99 Å². The molecule has 72 valence electrons. The van der Waals surface area contributed by atoms with Gasteiger partial charge in [0.1, 0.15) is 0 Å². The van der Waals surface area contributed by atoms with Gasteiger partial charge in [0.15, 0.2) is 0 Å². The zero-order valence-electron chi connectivity index (χ0n) is 6.39. The molecule has 1 heterocycles. The van der Waals surface area contributed by atoms with Crippen molar-refractivity contribution >= 4 is 33.2 Å². The maximum Gasteiger partial charge on any atom is 0.444 e. The third-order valence-electron chi connectivity index (χ3n) is 1.03. The molecule has 0 aliphatic heterocycles. The molecule has 0 saturated carbocycles. The Bertz CT molecular complexity index is 331. The Morgan fingerprint density at radius 1 is 1.62 bits per heavy atom. The van der Waals surface area contributed by atoms with Crippen LogP contribution in [-0.2, 0) is 0 Å². The molecule has 0 saturated heterocycles. The molecule has 0 radical (unpaired) electrons. The van der Waals surface area contributed by atoms with Gasteiger partial charge in [-0.1, -0.05) is 11.6 Å². The van der Waals surface area contributed by atoms with E-state index in [9.17, 15) is 13.2 Å². The first-order valence-corrected chi connectivity index (χ1v) is 4.39. The van der Waals surface area contributed by atoms with Gasteiger partial charge in [-0.3, -0.25) is 0 Å². The van der Waals surface area contributed by atoms with Gasteiger partial charge in [-0.15, -0.1) is 11.3 Å². The van der Waals surface area contributed by atoms with E-state index in [0.717, 1.165) is 11.3 Å². The predicted molar refractivity (Wildman–Crippen MR) is 45.9 cm³/mol. The van der Waals surface area contributed by atoms with E-state index in [1.807, 2.05) is 0 Å². The number of aryl methyl sites for hydroxylation is 1. The summed E-state index contributed by atoms with van der Waals surface area (Å²) < 4.78 is 35.6. The number of alkyl halides is 3. The van der Waals surface area contributed by atoms with Crippen LogP contribution in [-0.4, -0.2) is 16.3 Å². The molecule has 0 aliphatic carbocycles. The average molecular weight is 229 g/mol. The SMILES string of the molecule is Cc1csc(N=C(Cl)C(F)(F)F)n1. The molecule has 1 aromatic heterocycles. The highest BCUT2D eigenvalue weighted by atomic mass is 35.5. The Morgan fingerprint density at radius 3 is 2.62 bits per heavy atom. The molecule has 0 unspecified atom stereocenters. The van der Waals surface area contributed by atoms with Gasteiger partial charge in [-0.2, -0.15) is 13.2 Å². The lowest BCUT2D eigenvalue weighted by Crippen LogP contribution is -2.16. The Labute approximate surface area is 81.1 Å². The Morgan fingerprint density at radius 2 is 2.23 bits per heavy atom. The molecule has 2 nitrogen and oxygen atoms in total.